The Morgan fingerprint density at radius 2 is 1.58 bits per heavy atom. The van der Waals surface area contributed by atoms with Crippen LogP contribution in [0.1, 0.15) is 40.0 Å². The highest BCUT2D eigenvalue weighted by Crippen LogP contribution is 2.19. The Morgan fingerprint density at radius 3 is 2.32 bits per heavy atom. The number of amides is 1. The van der Waals surface area contributed by atoms with Gasteiger partial charge in [-0.3, -0.25) is 9.59 Å². The summed E-state index contributed by atoms with van der Waals surface area (Å²) in [6, 6.07) is 34.9. The summed E-state index contributed by atoms with van der Waals surface area (Å²) in [7, 11) is 0. The van der Waals surface area contributed by atoms with Gasteiger partial charge < -0.3 is 10.1 Å². The molecule has 0 aliphatic carbocycles. The van der Waals surface area contributed by atoms with Crippen LogP contribution < -0.4 is 10.1 Å². The number of nitrogens with one attached hydrogen (secondary N) is 1. The molecule has 4 nitrogen and oxygen atoms in total. The maximum atomic E-state index is 12.8. The molecule has 4 aromatic rings. The lowest BCUT2D eigenvalue weighted by Gasteiger charge is -2.14. The zero-order chi connectivity index (χ0) is 26.6. The predicted molar refractivity (Wildman–Crippen MR) is 156 cm³/mol. The number of ether oxygens (including phenoxy) is 1. The molecule has 0 spiro atoms. The zero-order valence-corrected chi connectivity index (χ0v) is 22.2. The number of hydrogen-bond donors (Lipinski definition) is 1. The quantitative estimate of drug-likeness (QED) is 0.0929. The lowest BCUT2D eigenvalue weighted by molar-refractivity contribution is -0.121. The average molecular weight is 522 g/mol. The van der Waals surface area contributed by atoms with Gasteiger partial charge in [-0.1, -0.05) is 84.9 Å². The standard InChI is InChI=1S/C33H31NO3S/c1-25(28-10-4-2-5-11-28)34-33(36)24-27-9-8-12-29(23-27)32(35)20-17-26-15-18-30(19-16-26)37-21-22-38-31-13-6-3-7-14-31/h2-20,23,25H,21-22,24H2,1H3,(H,34,36). The molecule has 0 heterocycles. The van der Waals surface area contributed by atoms with E-state index < -0.39 is 0 Å². The van der Waals surface area contributed by atoms with Crippen molar-refractivity contribution in [3.63, 3.8) is 0 Å². The van der Waals surface area contributed by atoms with Crippen molar-refractivity contribution in [3.05, 3.63) is 138 Å². The van der Waals surface area contributed by atoms with Crippen LogP contribution in [0.3, 0.4) is 0 Å². The maximum absolute atomic E-state index is 12.8. The fraction of sp³-hybridized carbons (Fsp3) is 0.152. The van der Waals surface area contributed by atoms with E-state index in [1.54, 1.807) is 36.0 Å². The molecule has 1 N–H and O–H groups in total. The molecule has 38 heavy (non-hydrogen) atoms. The van der Waals surface area contributed by atoms with E-state index in [-0.39, 0.29) is 24.2 Å². The van der Waals surface area contributed by atoms with Gasteiger partial charge in [-0.15, -0.1) is 11.8 Å². The number of thioether (sulfide) groups is 1. The lowest BCUT2D eigenvalue weighted by atomic mass is 10.0. The fourth-order valence-corrected chi connectivity index (χ4v) is 4.67. The molecule has 0 aromatic heterocycles. The summed E-state index contributed by atoms with van der Waals surface area (Å²) < 4.78 is 5.83. The van der Waals surface area contributed by atoms with Crippen molar-refractivity contribution in [2.75, 3.05) is 12.4 Å². The van der Waals surface area contributed by atoms with Crippen molar-refractivity contribution in [1.29, 1.82) is 0 Å². The summed E-state index contributed by atoms with van der Waals surface area (Å²) >= 11 is 1.76. The van der Waals surface area contributed by atoms with Gasteiger partial charge in [0.2, 0.25) is 5.91 Å². The molecule has 192 valence electrons. The van der Waals surface area contributed by atoms with Gasteiger partial charge in [-0.2, -0.15) is 0 Å². The van der Waals surface area contributed by atoms with Gasteiger partial charge >= 0.3 is 0 Å². The number of ketones is 1. The Morgan fingerprint density at radius 1 is 0.868 bits per heavy atom. The molecule has 0 fully saturated rings. The van der Waals surface area contributed by atoms with E-state index in [0.29, 0.717) is 12.2 Å². The first-order chi connectivity index (χ1) is 18.6. The molecule has 0 bridgehead atoms. The Balaban J connectivity index is 1.25. The number of allylic oxidation sites excluding steroid dienone is 1. The minimum Gasteiger partial charge on any atom is -0.493 e. The van der Waals surface area contributed by atoms with Gasteiger partial charge in [-0.05, 0) is 60.0 Å². The summed E-state index contributed by atoms with van der Waals surface area (Å²) in [6.45, 7) is 2.58. The maximum Gasteiger partial charge on any atom is 0.224 e. The van der Waals surface area contributed by atoms with Crippen molar-refractivity contribution in [2.24, 2.45) is 0 Å². The van der Waals surface area contributed by atoms with Gasteiger partial charge in [0.15, 0.2) is 5.78 Å². The van der Waals surface area contributed by atoms with Crippen LogP contribution in [0.5, 0.6) is 5.75 Å². The highest BCUT2D eigenvalue weighted by molar-refractivity contribution is 7.99. The van der Waals surface area contributed by atoms with E-state index >= 15 is 0 Å². The molecule has 0 aliphatic rings. The first kappa shape index (κ1) is 27.0. The van der Waals surface area contributed by atoms with Crippen molar-refractivity contribution < 1.29 is 14.3 Å². The topological polar surface area (TPSA) is 55.4 Å². The van der Waals surface area contributed by atoms with Gasteiger partial charge in [0.05, 0.1) is 19.1 Å². The summed E-state index contributed by atoms with van der Waals surface area (Å²) in [5, 5.41) is 3.02. The van der Waals surface area contributed by atoms with Gasteiger partial charge in [0.25, 0.3) is 0 Å². The predicted octanol–water partition coefficient (Wildman–Crippen LogP) is 7.17. The second kappa shape index (κ2) is 14.0. The van der Waals surface area contributed by atoms with Crippen molar-refractivity contribution in [1.82, 2.24) is 5.32 Å². The van der Waals surface area contributed by atoms with Crippen LogP contribution in [0.15, 0.2) is 120 Å². The van der Waals surface area contributed by atoms with E-state index in [1.165, 1.54) is 4.90 Å². The number of carbonyl (C=O) groups excluding carboxylic acids is 2. The molecule has 5 heteroatoms. The summed E-state index contributed by atoms with van der Waals surface area (Å²) in [4.78, 5) is 26.5. The molecule has 0 saturated carbocycles. The largest absolute Gasteiger partial charge is 0.493 e. The van der Waals surface area contributed by atoms with Gasteiger partial charge in [0, 0.05) is 16.2 Å². The van der Waals surface area contributed by atoms with Crippen LogP contribution in [-0.4, -0.2) is 24.1 Å². The second-order valence-electron chi connectivity index (χ2n) is 8.85. The zero-order valence-electron chi connectivity index (χ0n) is 21.4. The van der Waals surface area contributed by atoms with E-state index in [2.05, 4.69) is 17.4 Å². The summed E-state index contributed by atoms with van der Waals surface area (Å²) in [5.74, 6) is 1.48. The van der Waals surface area contributed by atoms with Crippen LogP contribution in [0.2, 0.25) is 0 Å². The molecular weight excluding hydrogens is 490 g/mol. The van der Waals surface area contributed by atoms with Gasteiger partial charge in [0.1, 0.15) is 5.75 Å². The SMILES string of the molecule is CC(NC(=O)Cc1cccc(C(=O)C=Cc2ccc(OCCSc3ccccc3)cc2)c1)c1ccccc1. The molecule has 4 aromatic carbocycles. The highest BCUT2D eigenvalue weighted by atomic mass is 32.2. The molecule has 1 atom stereocenters. The van der Waals surface area contributed by atoms with E-state index in [4.69, 9.17) is 4.74 Å². The Bertz CT molecular complexity index is 1350. The van der Waals surface area contributed by atoms with Crippen molar-refractivity contribution in [2.45, 2.75) is 24.3 Å². The average Bonchev–Trinajstić information content (AvgIpc) is 2.95. The molecule has 4 rings (SSSR count). The third-order valence-electron chi connectivity index (χ3n) is 5.92. The Hall–Kier alpha value is -4.09. The molecule has 0 radical (unpaired) electrons. The normalized spacial score (nSPS) is 11.7. The Kier molecular flexibility index (Phi) is 9.94. The third-order valence-corrected chi connectivity index (χ3v) is 6.90. The lowest BCUT2D eigenvalue weighted by Crippen LogP contribution is -2.28. The molecule has 1 unspecified atom stereocenters. The second-order valence-corrected chi connectivity index (χ2v) is 10.0. The summed E-state index contributed by atoms with van der Waals surface area (Å²) in [6.07, 6.45) is 3.56. The first-order valence-electron chi connectivity index (χ1n) is 12.6. The Labute approximate surface area is 228 Å². The van der Waals surface area contributed by atoms with Gasteiger partial charge in [-0.25, -0.2) is 0 Å². The van der Waals surface area contributed by atoms with E-state index in [0.717, 1.165) is 28.2 Å². The van der Waals surface area contributed by atoms with Crippen LogP contribution in [0, 0.1) is 0 Å². The van der Waals surface area contributed by atoms with Crippen LogP contribution in [0.4, 0.5) is 0 Å². The molecule has 1 amide bonds. The number of benzene rings is 4. The minimum atomic E-state index is -0.108. The molecule has 0 saturated heterocycles. The number of rotatable bonds is 12. The summed E-state index contributed by atoms with van der Waals surface area (Å²) in [5.41, 5.74) is 3.32. The number of carbonyl (C=O) groups is 2. The fourth-order valence-electron chi connectivity index (χ4n) is 3.92. The van der Waals surface area contributed by atoms with Crippen molar-refractivity contribution >= 4 is 29.5 Å². The van der Waals surface area contributed by atoms with E-state index in [9.17, 15) is 9.59 Å². The van der Waals surface area contributed by atoms with Crippen LogP contribution in [0.25, 0.3) is 6.08 Å². The monoisotopic (exact) mass is 521 g/mol. The van der Waals surface area contributed by atoms with Crippen LogP contribution >= 0.6 is 11.8 Å². The molecular formula is C33H31NO3S. The number of hydrogen-bond acceptors (Lipinski definition) is 4. The third kappa shape index (κ3) is 8.49. The van der Waals surface area contributed by atoms with E-state index in [1.807, 2.05) is 91.9 Å². The highest BCUT2D eigenvalue weighted by Gasteiger charge is 2.11. The van der Waals surface area contributed by atoms with Crippen molar-refractivity contribution in [3.8, 4) is 5.75 Å². The smallest absolute Gasteiger partial charge is 0.224 e. The molecule has 0 aliphatic heterocycles. The minimum absolute atomic E-state index is 0.0811. The first-order valence-corrected chi connectivity index (χ1v) is 13.6. The van der Waals surface area contributed by atoms with Crippen LogP contribution in [-0.2, 0) is 11.2 Å².